The van der Waals surface area contributed by atoms with Gasteiger partial charge in [-0.3, -0.25) is 0 Å². The Morgan fingerprint density at radius 3 is 2.54 bits per heavy atom. The standard InChI is InChI=1S/C7H9NO4S/c1-8-13(10,11)12-7-5-3-2-4-6(7)9/h2-5,8-9H,1H3. The molecule has 0 aliphatic carbocycles. The van der Waals surface area contributed by atoms with Crippen LogP contribution < -0.4 is 8.91 Å². The van der Waals surface area contributed by atoms with Crippen LogP contribution in [0.25, 0.3) is 0 Å². The molecule has 0 fully saturated rings. The Labute approximate surface area is 76.2 Å². The van der Waals surface area contributed by atoms with Crippen LogP contribution in [0.1, 0.15) is 0 Å². The summed E-state index contributed by atoms with van der Waals surface area (Å²) in [5, 5.41) is 9.15. The number of phenolic OH excluding ortho intramolecular Hbond substituents is 1. The lowest BCUT2D eigenvalue weighted by atomic mass is 10.3. The molecule has 0 aliphatic heterocycles. The quantitative estimate of drug-likeness (QED) is 0.737. The number of nitrogens with one attached hydrogen (secondary N) is 1. The first-order valence-electron chi connectivity index (χ1n) is 3.46. The van der Waals surface area contributed by atoms with Crippen LogP contribution in [0.4, 0.5) is 0 Å². The highest BCUT2D eigenvalue weighted by Crippen LogP contribution is 2.25. The summed E-state index contributed by atoms with van der Waals surface area (Å²) >= 11 is 0. The third-order valence-electron chi connectivity index (χ3n) is 1.31. The van der Waals surface area contributed by atoms with E-state index in [4.69, 9.17) is 5.11 Å². The van der Waals surface area contributed by atoms with E-state index in [1.54, 1.807) is 12.1 Å². The molecular weight excluding hydrogens is 194 g/mol. The van der Waals surface area contributed by atoms with Gasteiger partial charge in [0, 0.05) is 7.05 Å². The van der Waals surface area contributed by atoms with Crippen molar-refractivity contribution in [2.75, 3.05) is 7.05 Å². The molecule has 0 amide bonds. The van der Waals surface area contributed by atoms with Crippen LogP contribution in [-0.2, 0) is 10.3 Å². The molecule has 0 radical (unpaired) electrons. The van der Waals surface area contributed by atoms with Gasteiger partial charge in [0.2, 0.25) is 0 Å². The first-order chi connectivity index (χ1) is 6.05. The molecule has 0 saturated carbocycles. The zero-order chi connectivity index (χ0) is 9.90. The van der Waals surface area contributed by atoms with E-state index in [9.17, 15) is 8.42 Å². The van der Waals surface area contributed by atoms with Crippen LogP contribution in [0.15, 0.2) is 24.3 Å². The molecule has 0 unspecified atom stereocenters. The van der Waals surface area contributed by atoms with Crippen molar-refractivity contribution in [3.05, 3.63) is 24.3 Å². The van der Waals surface area contributed by atoms with Crippen LogP contribution in [0.2, 0.25) is 0 Å². The van der Waals surface area contributed by atoms with Crippen molar-refractivity contribution < 1.29 is 17.7 Å². The lowest BCUT2D eigenvalue weighted by Gasteiger charge is -2.05. The van der Waals surface area contributed by atoms with Crippen LogP contribution in [0.5, 0.6) is 11.5 Å². The molecular formula is C7H9NO4S. The Bertz CT molecular complexity index is 387. The minimum atomic E-state index is -3.81. The first-order valence-corrected chi connectivity index (χ1v) is 4.87. The van der Waals surface area contributed by atoms with E-state index in [0.717, 1.165) is 0 Å². The van der Waals surface area contributed by atoms with Gasteiger partial charge in [0.25, 0.3) is 0 Å². The number of benzene rings is 1. The van der Waals surface area contributed by atoms with Crippen LogP contribution in [-0.4, -0.2) is 20.6 Å². The zero-order valence-corrected chi connectivity index (χ0v) is 7.71. The van der Waals surface area contributed by atoms with Gasteiger partial charge in [0.05, 0.1) is 0 Å². The highest BCUT2D eigenvalue weighted by molar-refractivity contribution is 7.85. The Morgan fingerprint density at radius 1 is 1.38 bits per heavy atom. The van der Waals surface area contributed by atoms with E-state index >= 15 is 0 Å². The van der Waals surface area contributed by atoms with Crippen molar-refractivity contribution in [3.63, 3.8) is 0 Å². The number of hydrogen-bond acceptors (Lipinski definition) is 4. The monoisotopic (exact) mass is 203 g/mol. The third-order valence-corrected chi connectivity index (χ3v) is 2.21. The average Bonchev–Trinajstić information content (AvgIpc) is 2.09. The van der Waals surface area contributed by atoms with Gasteiger partial charge >= 0.3 is 10.3 Å². The van der Waals surface area contributed by atoms with Gasteiger partial charge in [0.15, 0.2) is 11.5 Å². The molecule has 1 aromatic rings. The molecule has 0 atom stereocenters. The van der Waals surface area contributed by atoms with Gasteiger partial charge in [-0.15, -0.1) is 0 Å². The Balaban J connectivity index is 2.93. The molecule has 5 nitrogen and oxygen atoms in total. The normalized spacial score (nSPS) is 11.2. The van der Waals surface area contributed by atoms with Crippen molar-refractivity contribution >= 4 is 10.3 Å². The minimum absolute atomic E-state index is 0.100. The SMILES string of the molecule is CNS(=O)(=O)Oc1ccccc1O. The third kappa shape index (κ3) is 2.60. The fourth-order valence-electron chi connectivity index (χ4n) is 0.687. The molecule has 0 aliphatic rings. The summed E-state index contributed by atoms with van der Waals surface area (Å²) in [7, 11) is -2.59. The van der Waals surface area contributed by atoms with Gasteiger partial charge < -0.3 is 9.29 Å². The number of rotatable bonds is 3. The van der Waals surface area contributed by atoms with E-state index in [1.165, 1.54) is 19.2 Å². The number of hydrogen-bond donors (Lipinski definition) is 2. The second-order valence-corrected chi connectivity index (χ2v) is 3.69. The molecule has 1 rings (SSSR count). The maximum Gasteiger partial charge on any atom is 0.382 e. The van der Waals surface area contributed by atoms with Crippen molar-refractivity contribution in [2.24, 2.45) is 0 Å². The summed E-state index contributed by atoms with van der Waals surface area (Å²) in [4.78, 5) is 0. The second kappa shape index (κ2) is 3.63. The zero-order valence-electron chi connectivity index (χ0n) is 6.89. The van der Waals surface area contributed by atoms with E-state index in [1.807, 2.05) is 4.72 Å². The highest BCUT2D eigenvalue weighted by Gasteiger charge is 2.11. The summed E-state index contributed by atoms with van der Waals surface area (Å²) in [5.74, 6) is -0.321. The van der Waals surface area contributed by atoms with E-state index < -0.39 is 10.3 Å². The van der Waals surface area contributed by atoms with E-state index in [2.05, 4.69) is 4.18 Å². The van der Waals surface area contributed by atoms with Crippen molar-refractivity contribution in [1.82, 2.24) is 4.72 Å². The van der Waals surface area contributed by atoms with Gasteiger partial charge in [-0.25, -0.2) is 0 Å². The lowest BCUT2D eigenvalue weighted by Crippen LogP contribution is -2.24. The second-order valence-electron chi connectivity index (χ2n) is 2.21. The van der Waals surface area contributed by atoms with Crippen LogP contribution in [0.3, 0.4) is 0 Å². The summed E-state index contributed by atoms with van der Waals surface area (Å²) in [6, 6.07) is 5.80. The lowest BCUT2D eigenvalue weighted by molar-refractivity contribution is 0.425. The molecule has 0 heterocycles. The smallest absolute Gasteiger partial charge is 0.382 e. The predicted molar refractivity (Wildman–Crippen MR) is 46.7 cm³/mol. The van der Waals surface area contributed by atoms with Gasteiger partial charge in [-0.2, -0.15) is 13.1 Å². The summed E-state index contributed by atoms with van der Waals surface area (Å²) in [6.45, 7) is 0. The Kier molecular flexibility index (Phi) is 2.74. The number of phenols is 1. The molecule has 0 spiro atoms. The summed E-state index contributed by atoms with van der Waals surface area (Å²) in [5.41, 5.74) is 0. The van der Waals surface area contributed by atoms with Gasteiger partial charge in [0.1, 0.15) is 0 Å². The molecule has 0 aromatic heterocycles. The first kappa shape index (κ1) is 9.82. The molecule has 72 valence electrons. The van der Waals surface area contributed by atoms with Gasteiger partial charge in [-0.1, -0.05) is 12.1 Å². The number of aromatic hydroxyl groups is 1. The van der Waals surface area contributed by atoms with Gasteiger partial charge in [-0.05, 0) is 12.1 Å². The summed E-state index contributed by atoms with van der Waals surface area (Å²) < 4.78 is 28.2. The van der Waals surface area contributed by atoms with Crippen molar-refractivity contribution in [1.29, 1.82) is 0 Å². The van der Waals surface area contributed by atoms with E-state index in [-0.39, 0.29) is 11.5 Å². The molecule has 6 heteroatoms. The van der Waals surface area contributed by atoms with Crippen LogP contribution >= 0.6 is 0 Å². The Morgan fingerprint density at radius 2 is 2.00 bits per heavy atom. The highest BCUT2D eigenvalue weighted by atomic mass is 32.2. The maximum absolute atomic E-state index is 10.9. The molecule has 13 heavy (non-hydrogen) atoms. The van der Waals surface area contributed by atoms with Crippen molar-refractivity contribution in [2.45, 2.75) is 0 Å². The van der Waals surface area contributed by atoms with Crippen LogP contribution in [0, 0.1) is 0 Å². The minimum Gasteiger partial charge on any atom is -0.504 e. The molecule has 0 saturated heterocycles. The topological polar surface area (TPSA) is 75.6 Å². The average molecular weight is 203 g/mol. The molecule has 0 bridgehead atoms. The van der Waals surface area contributed by atoms with E-state index in [0.29, 0.717) is 0 Å². The maximum atomic E-state index is 10.9. The fourth-order valence-corrected chi connectivity index (χ4v) is 1.15. The Hall–Kier alpha value is -1.27. The van der Waals surface area contributed by atoms with Crippen molar-refractivity contribution in [3.8, 4) is 11.5 Å². The fraction of sp³-hybridized carbons (Fsp3) is 0.143. The predicted octanol–water partition coefficient (Wildman–Crippen LogP) is 0.235. The largest absolute Gasteiger partial charge is 0.504 e. The molecule has 1 aromatic carbocycles. The summed E-state index contributed by atoms with van der Waals surface area (Å²) in [6.07, 6.45) is 0. The molecule has 2 N–H and O–H groups in total. The number of para-hydroxylation sites is 2.